The van der Waals surface area contributed by atoms with Crippen LogP contribution in [-0.4, -0.2) is 18.5 Å². The average Bonchev–Trinajstić information content (AvgIpc) is 2.22. The van der Waals surface area contributed by atoms with Crippen molar-refractivity contribution in [2.24, 2.45) is 0 Å². The van der Waals surface area contributed by atoms with Crippen molar-refractivity contribution in [3.8, 4) is 0 Å². The van der Waals surface area contributed by atoms with Crippen molar-refractivity contribution < 1.29 is 19.1 Å². The van der Waals surface area contributed by atoms with Crippen molar-refractivity contribution in [1.82, 2.24) is 0 Å². The van der Waals surface area contributed by atoms with Gasteiger partial charge in [0.15, 0.2) is 0 Å². The summed E-state index contributed by atoms with van der Waals surface area (Å²) in [4.78, 5) is 21.0. The minimum atomic E-state index is -0.575. The van der Waals surface area contributed by atoms with E-state index >= 15 is 0 Å². The standard InChI is InChI=1S/C10H10O4/c1-3-9(11)13-7-5-6-8-14-10(12)4-2/h3-5,8H,1-2,7H2. The fraction of sp³-hybridized carbons (Fsp3) is 0.100. The molecule has 0 aliphatic heterocycles. The van der Waals surface area contributed by atoms with Gasteiger partial charge in [-0.1, -0.05) is 18.9 Å². The third-order valence-corrected chi connectivity index (χ3v) is 1.00. The molecule has 74 valence electrons. The second kappa shape index (κ2) is 7.58. The number of ether oxygens (including phenoxy) is 2. The van der Waals surface area contributed by atoms with Gasteiger partial charge < -0.3 is 9.47 Å². The van der Waals surface area contributed by atoms with Crippen LogP contribution in [0.4, 0.5) is 0 Å². The molecule has 0 N–H and O–H groups in total. The molecule has 0 unspecified atom stereocenters. The van der Waals surface area contributed by atoms with Crippen LogP contribution in [0.25, 0.3) is 0 Å². The molecule has 0 spiro atoms. The third-order valence-electron chi connectivity index (χ3n) is 1.00. The molecule has 0 radical (unpaired) electrons. The summed E-state index contributed by atoms with van der Waals surface area (Å²) in [6, 6.07) is 0. The van der Waals surface area contributed by atoms with Crippen LogP contribution in [0, 0.1) is 0 Å². The van der Waals surface area contributed by atoms with Crippen molar-refractivity contribution in [3.05, 3.63) is 43.4 Å². The van der Waals surface area contributed by atoms with E-state index in [1.807, 2.05) is 0 Å². The van der Waals surface area contributed by atoms with Crippen molar-refractivity contribution >= 4 is 11.9 Å². The first-order valence-electron chi connectivity index (χ1n) is 3.72. The van der Waals surface area contributed by atoms with Crippen LogP contribution < -0.4 is 0 Å². The van der Waals surface area contributed by atoms with Crippen LogP contribution in [0.5, 0.6) is 0 Å². The molecule has 0 amide bonds. The molecule has 0 aliphatic rings. The number of hydrogen-bond donors (Lipinski definition) is 0. The van der Waals surface area contributed by atoms with E-state index in [1.54, 1.807) is 0 Å². The van der Waals surface area contributed by atoms with E-state index in [1.165, 1.54) is 6.08 Å². The van der Waals surface area contributed by atoms with Gasteiger partial charge in [0.2, 0.25) is 0 Å². The number of esters is 2. The van der Waals surface area contributed by atoms with E-state index in [0.717, 1.165) is 18.4 Å². The largest absolute Gasteiger partial charge is 0.458 e. The SMILES string of the molecule is C=CC(=O)OC=C=CCOC(=O)C=C. The van der Waals surface area contributed by atoms with Gasteiger partial charge in [-0.2, -0.15) is 0 Å². The van der Waals surface area contributed by atoms with E-state index < -0.39 is 11.9 Å². The molecule has 4 heteroatoms. The van der Waals surface area contributed by atoms with Crippen LogP contribution in [0.15, 0.2) is 43.4 Å². The summed E-state index contributed by atoms with van der Waals surface area (Å²) in [6.45, 7) is 6.46. The van der Waals surface area contributed by atoms with E-state index in [9.17, 15) is 9.59 Å². The smallest absolute Gasteiger partial charge is 0.335 e. The van der Waals surface area contributed by atoms with E-state index in [2.05, 4.69) is 28.4 Å². The highest BCUT2D eigenvalue weighted by atomic mass is 16.5. The molecule has 0 aromatic rings. The fourth-order valence-corrected chi connectivity index (χ4v) is 0.419. The molecule has 0 saturated heterocycles. The summed E-state index contributed by atoms with van der Waals surface area (Å²) < 4.78 is 9.01. The molecule has 0 heterocycles. The van der Waals surface area contributed by atoms with Crippen LogP contribution in [-0.2, 0) is 19.1 Å². The van der Waals surface area contributed by atoms with Crippen molar-refractivity contribution in [3.63, 3.8) is 0 Å². The van der Waals surface area contributed by atoms with Gasteiger partial charge in [-0.25, -0.2) is 9.59 Å². The highest BCUT2D eigenvalue weighted by molar-refractivity contribution is 5.81. The third kappa shape index (κ3) is 6.64. The van der Waals surface area contributed by atoms with Gasteiger partial charge in [-0.05, 0) is 6.08 Å². The second-order valence-electron chi connectivity index (χ2n) is 1.96. The zero-order valence-electron chi connectivity index (χ0n) is 7.56. The highest BCUT2D eigenvalue weighted by Crippen LogP contribution is 1.81. The Kier molecular flexibility index (Phi) is 6.47. The summed E-state index contributed by atoms with van der Waals surface area (Å²) in [5.41, 5.74) is 2.48. The number of hydrogen-bond acceptors (Lipinski definition) is 4. The zero-order valence-corrected chi connectivity index (χ0v) is 7.56. The van der Waals surface area contributed by atoms with Crippen LogP contribution in [0.1, 0.15) is 0 Å². The first-order valence-corrected chi connectivity index (χ1v) is 3.72. The number of rotatable bonds is 5. The van der Waals surface area contributed by atoms with Crippen molar-refractivity contribution in [2.75, 3.05) is 6.61 Å². The zero-order chi connectivity index (χ0) is 10.8. The predicted octanol–water partition coefficient (Wildman–Crippen LogP) is 1.11. The Morgan fingerprint density at radius 3 is 2.43 bits per heavy atom. The maximum Gasteiger partial charge on any atom is 0.335 e. The molecule has 0 atom stereocenters. The summed E-state index contributed by atoms with van der Waals surface area (Å²) in [5.74, 6) is -1.10. The Bertz CT molecular complexity index is 295. The molecule has 0 aromatic heterocycles. The lowest BCUT2D eigenvalue weighted by molar-refractivity contribution is -0.136. The van der Waals surface area contributed by atoms with Gasteiger partial charge in [-0.15, -0.1) is 0 Å². The summed E-state index contributed by atoms with van der Waals surface area (Å²) in [6.07, 6.45) is 4.51. The quantitative estimate of drug-likeness (QED) is 0.285. The van der Waals surface area contributed by atoms with Gasteiger partial charge in [0, 0.05) is 12.2 Å². The molecule has 4 nitrogen and oxygen atoms in total. The first-order chi connectivity index (χ1) is 6.70. The maximum absolute atomic E-state index is 10.5. The Morgan fingerprint density at radius 2 is 1.86 bits per heavy atom. The van der Waals surface area contributed by atoms with Gasteiger partial charge >= 0.3 is 11.9 Å². The number of carbonyl (C=O) groups is 2. The maximum atomic E-state index is 10.5. The molecule has 0 aliphatic carbocycles. The topological polar surface area (TPSA) is 52.6 Å². The van der Waals surface area contributed by atoms with Crippen LogP contribution in [0.2, 0.25) is 0 Å². The fourth-order valence-electron chi connectivity index (χ4n) is 0.419. The lowest BCUT2D eigenvalue weighted by atomic mass is 10.6. The molecular weight excluding hydrogens is 184 g/mol. The van der Waals surface area contributed by atoms with Crippen molar-refractivity contribution in [1.29, 1.82) is 0 Å². The van der Waals surface area contributed by atoms with Gasteiger partial charge in [0.05, 0.1) is 0 Å². The average molecular weight is 194 g/mol. The lowest BCUT2D eigenvalue weighted by Gasteiger charge is -1.92. The van der Waals surface area contributed by atoms with E-state index in [4.69, 9.17) is 0 Å². The normalized spacial score (nSPS) is 7.71. The van der Waals surface area contributed by atoms with Gasteiger partial charge in [0.25, 0.3) is 0 Å². The Hall–Kier alpha value is -2.06. The first kappa shape index (κ1) is 11.9. The molecule has 0 bridgehead atoms. The van der Waals surface area contributed by atoms with Crippen molar-refractivity contribution in [2.45, 2.75) is 0 Å². The summed E-state index contributed by atoms with van der Waals surface area (Å²) in [5, 5.41) is 0. The monoisotopic (exact) mass is 194 g/mol. The second-order valence-corrected chi connectivity index (χ2v) is 1.96. The molecule has 14 heavy (non-hydrogen) atoms. The molecule has 0 fully saturated rings. The van der Waals surface area contributed by atoms with Gasteiger partial charge in [0.1, 0.15) is 12.9 Å². The lowest BCUT2D eigenvalue weighted by Crippen LogP contribution is -1.98. The van der Waals surface area contributed by atoms with E-state index in [0.29, 0.717) is 0 Å². The molecule has 0 aromatic carbocycles. The molecule has 0 rings (SSSR count). The molecular formula is C10H10O4. The Labute approximate surface area is 81.8 Å². The highest BCUT2D eigenvalue weighted by Gasteiger charge is 1.89. The summed E-state index contributed by atoms with van der Waals surface area (Å²) >= 11 is 0. The minimum Gasteiger partial charge on any atom is -0.458 e. The van der Waals surface area contributed by atoms with Gasteiger partial charge in [-0.3, -0.25) is 0 Å². The Morgan fingerprint density at radius 1 is 1.21 bits per heavy atom. The van der Waals surface area contributed by atoms with Crippen LogP contribution >= 0.6 is 0 Å². The van der Waals surface area contributed by atoms with E-state index in [-0.39, 0.29) is 6.61 Å². The summed E-state index contributed by atoms with van der Waals surface area (Å²) in [7, 11) is 0. The minimum absolute atomic E-state index is 0.0486. The molecule has 0 saturated carbocycles. The number of carbonyl (C=O) groups excluding carboxylic acids is 2. The predicted molar refractivity (Wildman–Crippen MR) is 50.1 cm³/mol. The van der Waals surface area contributed by atoms with Crippen LogP contribution in [0.3, 0.4) is 0 Å². The Balaban J connectivity index is 3.71.